The molecule has 0 heterocycles. The molecule has 3 aromatic carbocycles. The van der Waals surface area contributed by atoms with Crippen molar-refractivity contribution in [1.29, 1.82) is 0 Å². The zero-order valence-corrected chi connectivity index (χ0v) is 21.3. The first-order valence-electron chi connectivity index (χ1n) is 11.5. The molecule has 0 aliphatic heterocycles. The van der Waals surface area contributed by atoms with Crippen LogP contribution in [0.5, 0.6) is 0 Å². The number of aryl methyl sites for hydroxylation is 2. The predicted molar refractivity (Wildman–Crippen MR) is 138 cm³/mol. The summed E-state index contributed by atoms with van der Waals surface area (Å²) in [7, 11) is 0. The molecule has 0 saturated heterocycles. The molecule has 0 aromatic heterocycles. The van der Waals surface area contributed by atoms with Gasteiger partial charge in [-0.05, 0) is 59.1 Å². The van der Waals surface area contributed by atoms with Crippen molar-refractivity contribution in [1.82, 2.24) is 0 Å². The lowest BCUT2D eigenvalue weighted by Gasteiger charge is -2.29. The number of hydrogen-bond acceptors (Lipinski definition) is 2. The van der Waals surface area contributed by atoms with Crippen LogP contribution in [0.2, 0.25) is 0 Å². The van der Waals surface area contributed by atoms with Crippen molar-refractivity contribution in [3.05, 3.63) is 81.9 Å². The minimum absolute atomic E-state index is 0.0924. The molecule has 34 heavy (non-hydrogen) atoms. The number of carbonyl (C=O) groups is 2. The van der Waals surface area contributed by atoms with E-state index in [9.17, 15) is 19.8 Å². The highest BCUT2D eigenvalue weighted by atomic mass is 16.4. The third-order valence-corrected chi connectivity index (χ3v) is 6.17. The molecule has 0 atom stereocenters. The molecular formula is C30H34O4. The largest absolute Gasteiger partial charge is 0.478 e. The SMILES string of the molecule is Cc1ccc(-c2c(C(=O)O)ccc(C(=O)O)c2-c2ccc(C)cc2C(C)(C)C)c(C(C)(C)C)c1. The van der Waals surface area contributed by atoms with Gasteiger partial charge < -0.3 is 10.2 Å². The van der Waals surface area contributed by atoms with Gasteiger partial charge in [-0.15, -0.1) is 0 Å². The Balaban J connectivity index is 2.64. The molecule has 3 rings (SSSR count). The Morgan fingerprint density at radius 3 is 1.18 bits per heavy atom. The van der Waals surface area contributed by atoms with Crippen molar-refractivity contribution < 1.29 is 19.8 Å². The van der Waals surface area contributed by atoms with Gasteiger partial charge >= 0.3 is 11.9 Å². The number of hydrogen-bond donors (Lipinski definition) is 2. The summed E-state index contributed by atoms with van der Waals surface area (Å²) in [6.45, 7) is 16.5. The molecule has 3 aromatic rings. The average molecular weight is 459 g/mol. The first-order valence-corrected chi connectivity index (χ1v) is 11.5. The Morgan fingerprint density at radius 1 is 0.588 bits per heavy atom. The van der Waals surface area contributed by atoms with Crippen LogP contribution in [0.25, 0.3) is 22.3 Å². The number of rotatable bonds is 4. The van der Waals surface area contributed by atoms with Crippen LogP contribution in [0, 0.1) is 13.8 Å². The second-order valence-corrected chi connectivity index (χ2v) is 11.1. The van der Waals surface area contributed by atoms with Gasteiger partial charge in [-0.3, -0.25) is 0 Å². The molecule has 4 heteroatoms. The maximum absolute atomic E-state index is 12.5. The second kappa shape index (κ2) is 8.75. The Bertz CT molecular complexity index is 1180. The van der Waals surface area contributed by atoms with Crippen molar-refractivity contribution >= 4 is 11.9 Å². The summed E-state index contributed by atoms with van der Waals surface area (Å²) in [5.74, 6) is -2.17. The molecule has 178 valence electrons. The predicted octanol–water partition coefficient (Wildman–Crippen LogP) is 7.63. The molecule has 0 fully saturated rings. The molecule has 0 radical (unpaired) electrons. The summed E-state index contributed by atoms with van der Waals surface area (Å²) in [6, 6.07) is 14.7. The quantitative estimate of drug-likeness (QED) is 0.421. The topological polar surface area (TPSA) is 74.6 Å². The smallest absolute Gasteiger partial charge is 0.336 e. The minimum atomic E-state index is -1.09. The molecule has 0 unspecified atom stereocenters. The van der Waals surface area contributed by atoms with E-state index in [0.29, 0.717) is 11.1 Å². The Labute approximate surface area is 202 Å². The van der Waals surface area contributed by atoms with E-state index in [0.717, 1.165) is 33.4 Å². The van der Waals surface area contributed by atoms with E-state index in [-0.39, 0.29) is 22.0 Å². The van der Waals surface area contributed by atoms with Crippen LogP contribution in [-0.4, -0.2) is 22.2 Å². The second-order valence-electron chi connectivity index (χ2n) is 11.1. The van der Waals surface area contributed by atoms with E-state index in [4.69, 9.17) is 0 Å². The molecular weight excluding hydrogens is 424 g/mol. The van der Waals surface area contributed by atoms with Crippen LogP contribution >= 0.6 is 0 Å². The van der Waals surface area contributed by atoms with Gasteiger partial charge in [-0.1, -0.05) is 89.1 Å². The van der Waals surface area contributed by atoms with Crippen molar-refractivity contribution in [2.75, 3.05) is 0 Å². The number of benzene rings is 3. The van der Waals surface area contributed by atoms with E-state index in [1.165, 1.54) is 12.1 Å². The van der Waals surface area contributed by atoms with Crippen molar-refractivity contribution in [3.8, 4) is 22.3 Å². The van der Waals surface area contributed by atoms with Crippen molar-refractivity contribution in [3.63, 3.8) is 0 Å². The summed E-state index contributed by atoms with van der Waals surface area (Å²) in [4.78, 5) is 25.0. The zero-order valence-electron chi connectivity index (χ0n) is 21.3. The highest BCUT2D eigenvalue weighted by molar-refractivity contribution is 6.09. The van der Waals surface area contributed by atoms with E-state index >= 15 is 0 Å². The lowest BCUT2D eigenvalue weighted by Crippen LogP contribution is -2.17. The highest BCUT2D eigenvalue weighted by Crippen LogP contribution is 2.45. The summed E-state index contributed by atoms with van der Waals surface area (Å²) in [5.41, 5.74) is 6.08. The van der Waals surface area contributed by atoms with E-state index < -0.39 is 11.9 Å². The molecule has 0 aliphatic carbocycles. The third kappa shape index (κ3) is 4.77. The van der Waals surface area contributed by atoms with Crippen LogP contribution in [0.3, 0.4) is 0 Å². The van der Waals surface area contributed by atoms with E-state index in [1.54, 1.807) is 0 Å². The summed E-state index contributed by atoms with van der Waals surface area (Å²) < 4.78 is 0. The van der Waals surface area contributed by atoms with Gasteiger partial charge in [0.1, 0.15) is 0 Å². The maximum atomic E-state index is 12.5. The van der Waals surface area contributed by atoms with Crippen molar-refractivity contribution in [2.45, 2.75) is 66.2 Å². The molecule has 0 aliphatic rings. The minimum Gasteiger partial charge on any atom is -0.478 e. The van der Waals surface area contributed by atoms with Crippen LogP contribution in [0.15, 0.2) is 48.5 Å². The first kappa shape index (κ1) is 25.2. The Hall–Kier alpha value is -3.40. The zero-order chi connectivity index (χ0) is 25.6. The fourth-order valence-corrected chi connectivity index (χ4v) is 4.51. The number of carboxylic acids is 2. The molecule has 0 bridgehead atoms. The monoisotopic (exact) mass is 458 g/mol. The fraction of sp³-hybridized carbons (Fsp3) is 0.333. The van der Waals surface area contributed by atoms with Gasteiger partial charge in [0.05, 0.1) is 11.1 Å². The van der Waals surface area contributed by atoms with Gasteiger partial charge in [0.15, 0.2) is 0 Å². The van der Waals surface area contributed by atoms with Crippen LogP contribution in [0.1, 0.15) is 84.5 Å². The van der Waals surface area contributed by atoms with Gasteiger partial charge in [0.25, 0.3) is 0 Å². The maximum Gasteiger partial charge on any atom is 0.336 e. The highest BCUT2D eigenvalue weighted by Gasteiger charge is 2.30. The van der Waals surface area contributed by atoms with Crippen LogP contribution in [-0.2, 0) is 10.8 Å². The molecule has 0 saturated carbocycles. The average Bonchev–Trinajstić information content (AvgIpc) is 2.71. The standard InChI is InChI=1S/C30H34O4/c1-17-9-11-19(23(15-17)29(3,4)5)25-21(27(31)32)13-14-22(28(33)34)26(25)20-12-10-18(2)16-24(20)30(6,7)8/h9-16H,1-8H3,(H,31,32)(H,33,34). The van der Waals surface area contributed by atoms with Gasteiger partial charge in [0.2, 0.25) is 0 Å². The van der Waals surface area contributed by atoms with Crippen LogP contribution in [0.4, 0.5) is 0 Å². The van der Waals surface area contributed by atoms with Gasteiger partial charge in [0, 0.05) is 11.1 Å². The Kier molecular flexibility index (Phi) is 6.49. The normalized spacial score (nSPS) is 12.0. The lowest BCUT2D eigenvalue weighted by molar-refractivity contribution is 0.0682. The van der Waals surface area contributed by atoms with Crippen molar-refractivity contribution in [2.24, 2.45) is 0 Å². The number of carboxylic acid groups (broad SMARTS) is 2. The molecule has 0 amide bonds. The molecule has 2 N–H and O–H groups in total. The van der Waals surface area contributed by atoms with Gasteiger partial charge in [-0.25, -0.2) is 9.59 Å². The lowest BCUT2D eigenvalue weighted by atomic mass is 9.75. The molecule has 4 nitrogen and oxygen atoms in total. The number of aromatic carboxylic acids is 2. The molecule has 0 spiro atoms. The summed E-state index contributed by atoms with van der Waals surface area (Å²) >= 11 is 0. The summed E-state index contributed by atoms with van der Waals surface area (Å²) in [6.07, 6.45) is 0. The van der Waals surface area contributed by atoms with E-state index in [1.807, 2.05) is 38.1 Å². The van der Waals surface area contributed by atoms with Crippen LogP contribution < -0.4 is 0 Å². The summed E-state index contributed by atoms with van der Waals surface area (Å²) in [5, 5.41) is 20.4. The first-order chi connectivity index (χ1) is 15.6. The fourth-order valence-electron chi connectivity index (χ4n) is 4.51. The third-order valence-electron chi connectivity index (χ3n) is 6.17. The Morgan fingerprint density at radius 2 is 0.912 bits per heavy atom. The van der Waals surface area contributed by atoms with Gasteiger partial charge in [-0.2, -0.15) is 0 Å². The van der Waals surface area contributed by atoms with E-state index in [2.05, 4.69) is 53.7 Å².